The Morgan fingerprint density at radius 3 is 2.66 bits per heavy atom. The van der Waals surface area contributed by atoms with Gasteiger partial charge in [-0.15, -0.1) is 0 Å². The maximum absolute atomic E-state index is 12.2. The lowest BCUT2D eigenvalue weighted by atomic mass is 9.60. The minimum Gasteiger partial charge on any atom is -0.458 e. The van der Waals surface area contributed by atoms with E-state index in [0.29, 0.717) is 29.7 Å². The average Bonchev–Trinajstić information content (AvgIpc) is 3.31. The molecule has 0 aromatic carbocycles. The van der Waals surface area contributed by atoms with Gasteiger partial charge in [-0.1, -0.05) is 65.0 Å². The van der Waals surface area contributed by atoms with Gasteiger partial charge < -0.3 is 14.9 Å². The Morgan fingerprint density at radius 2 is 1.94 bits per heavy atom. The normalized spacial score (nSPS) is 43.0. The quantitative estimate of drug-likeness (QED) is 0.344. The van der Waals surface area contributed by atoms with Crippen LogP contribution in [0.5, 0.6) is 0 Å². The van der Waals surface area contributed by atoms with Crippen LogP contribution in [0.2, 0.25) is 0 Å². The molecule has 3 saturated carbocycles. The summed E-state index contributed by atoms with van der Waals surface area (Å²) in [5.41, 5.74) is 4.19. The van der Waals surface area contributed by atoms with E-state index in [2.05, 4.69) is 46.1 Å². The maximum atomic E-state index is 12.2. The summed E-state index contributed by atoms with van der Waals surface area (Å²) in [5, 5.41) is 20.8. The molecule has 0 bridgehead atoms. The van der Waals surface area contributed by atoms with Crippen LogP contribution in [-0.2, 0) is 9.53 Å². The highest BCUT2D eigenvalue weighted by atomic mass is 16.6. The van der Waals surface area contributed by atoms with Gasteiger partial charge in [0.05, 0.1) is 12.2 Å². The Hall–Kier alpha value is -1.65. The zero-order valence-corrected chi connectivity index (χ0v) is 22.3. The van der Waals surface area contributed by atoms with Crippen molar-refractivity contribution in [1.29, 1.82) is 0 Å². The molecule has 0 radical (unpaired) electrons. The predicted molar refractivity (Wildman–Crippen MR) is 140 cm³/mol. The number of cyclic esters (lactones) is 1. The predicted octanol–water partition coefficient (Wildman–Crippen LogP) is 6.30. The number of aliphatic hydroxyl groups excluding tert-OH is 2. The maximum Gasteiger partial charge on any atom is 0.334 e. The van der Waals surface area contributed by atoms with Gasteiger partial charge >= 0.3 is 5.97 Å². The van der Waals surface area contributed by atoms with E-state index < -0.39 is 12.2 Å². The summed E-state index contributed by atoms with van der Waals surface area (Å²) in [6, 6.07) is 0. The first-order valence-electron chi connectivity index (χ1n) is 13.9. The third kappa shape index (κ3) is 4.85. The monoisotopic (exact) mass is 482 g/mol. The topological polar surface area (TPSA) is 66.8 Å². The van der Waals surface area contributed by atoms with Gasteiger partial charge in [-0.3, -0.25) is 0 Å². The second-order valence-corrected chi connectivity index (χ2v) is 12.2. The second-order valence-electron chi connectivity index (χ2n) is 12.2. The summed E-state index contributed by atoms with van der Waals surface area (Å²) in [5.74, 6) is 1.49. The second kappa shape index (κ2) is 10.4. The third-order valence-corrected chi connectivity index (χ3v) is 10.1. The zero-order chi connectivity index (χ0) is 25.5. The molecule has 0 unspecified atom stereocenters. The van der Waals surface area contributed by atoms with E-state index in [1.165, 1.54) is 31.3 Å². The molecule has 1 saturated heterocycles. The standard InChI is InChI=1S/C31H46O4/c1-7-9-24-20(4)30(34)35-28(24)16-18(2)25-13-14-26-22(10-8-15-31(25,26)6)11-12-23-17-27(32)21(5)29(33)19(23)3/h11-12,18,21,24-29,32-33H,3-4,7-10,13-17H2,1-2,5-6H3/b22-11+,23-12-/t18-,21+,24+,25-,26+,27-,28+,29-,31-/m1/s1. The van der Waals surface area contributed by atoms with Gasteiger partial charge in [-0.25, -0.2) is 4.79 Å². The Bertz CT molecular complexity index is 913. The summed E-state index contributed by atoms with van der Waals surface area (Å²) in [7, 11) is 0. The number of carbonyl (C=O) groups excluding carboxylic acids is 1. The van der Waals surface area contributed by atoms with Crippen molar-refractivity contribution in [2.24, 2.45) is 35.0 Å². The molecule has 4 fully saturated rings. The summed E-state index contributed by atoms with van der Waals surface area (Å²) in [4.78, 5) is 12.2. The highest BCUT2D eigenvalue weighted by Crippen LogP contribution is 2.60. The summed E-state index contributed by atoms with van der Waals surface area (Å²) >= 11 is 0. The van der Waals surface area contributed by atoms with Crippen molar-refractivity contribution in [2.75, 3.05) is 0 Å². The molecular weight excluding hydrogens is 436 g/mol. The number of ether oxygens (including phenoxy) is 1. The Kier molecular flexibility index (Phi) is 7.83. The van der Waals surface area contributed by atoms with Crippen LogP contribution in [0.3, 0.4) is 0 Å². The van der Waals surface area contributed by atoms with E-state index in [0.717, 1.165) is 36.8 Å². The Balaban J connectivity index is 1.49. The summed E-state index contributed by atoms with van der Waals surface area (Å²) in [6.07, 6.45) is 12.7. The van der Waals surface area contributed by atoms with E-state index >= 15 is 0 Å². The number of hydrogen-bond donors (Lipinski definition) is 2. The number of allylic oxidation sites excluding steroid dienone is 3. The van der Waals surface area contributed by atoms with Crippen LogP contribution in [-0.4, -0.2) is 34.5 Å². The molecule has 0 aromatic rings. The minimum atomic E-state index is -0.672. The molecule has 4 nitrogen and oxygen atoms in total. The average molecular weight is 483 g/mol. The number of esters is 1. The molecule has 4 rings (SSSR count). The van der Waals surface area contributed by atoms with Gasteiger partial charge in [0.15, 0.2) is 0 Å². The van der Waals surface area contributed by atoms with E-state index in [9.17, 15) is 15.0 Å². The molecule has 35 heavy (non-hydrogen) atoms. The van der Waals surface area contributed by atoms with Gasteiger partial charge in [0.25, 0.3) is 0 Å². The van der Waals surface area contributed by atoms with Gasteiger partial charge in [0.2, 0.25) is 0 Å². The van der Waals surface area contributed by atoms with Crippen molar-refractivity contribution < 1.29 is 19.7 Å². The molecule has 9 atom stereocenters. The SMILES string of the molecule is C=C1/C(=C\C=C2/CCC[C@]3(C)[C@@H]([C@H](C)C[C@@H]4OC(=O)C(=C)[C@@H]4CCC)CC[C@@H]23)C[C@@H](O)[C@H](C)[C@@H]1O. The van der Waals surface area contributed by atoms with Crippen LogP contribution >= 0.6 is 0 Å². The van der Waals surface area contributed by atoms with E-state index in [-0.39, 0.29) is 29.3 Å². The van der Waals surface area contributed by atoms with Crippen molar-refractivity contribution in [3.8, 4) is 0 Å². The molecule has 1 heterocycles. The molecule has 2 N–H and O–H groups in total. The lowest BCUT2D eigenvalue weighted by Gasteiger charge is -2.45. The van der Waals surface area contributed by atoms with Gasteiger partial charge in [-0.05, 0) is 85.7 Å². The van der Waals surface area contributed by atoms with E-state index in [4.69, 9.17) is 4.74 Å². The van der Waals surface area contributed by atoms with E-state index in [1.807, 2.05) is 6.92 Å². The van der Waals surface area contributed by atoms with Crippen LogP contribution in [0.4, 0.5) is 0 Å². The number of rotatable bonds is 6. The minimum absolute atomic E-state index is 0.0199. The number of hydrogen-bond acceptors (Lipinski definition) is 4. The van der Waals surface area contributed by atoms with Crippen molar-refractivity contribution in [3.05, 3.63) is 47.6 Å². The first-order chi connectivity index (χ1) is 16.6. The fourth-order valence-electron chi connectivity index (χ4n) is 7.94. The summed E-state index contributed by atoms with van der Waals surface area (Å²) in [6.45, 7) is 17.1. The molecule has 4 heteroatoms. The zero-order valence-electron chi connectivity index (χ0n) is 22.3. The number of carbonyl (C=O) groups is 1. The molecule has 0 amide bonds. The molecule has 4 aliphatic rings. The van der Waals surface area contributed by atoms with Crippen LogP contribution in [0, 0.1) is 35.0 Å². The Labute approximate surface area is 212 Å². The highest BCUT2D eigenvalue weighted by Gasteiger charge is 2.51. The van der Waals surface area contributed by atoms with Crippen molar-refractivity contribution >= 4 is 5.97 Å². The van der Waals surface area contributed by atoms with Crippen molar-refractivity contribution in [2.45, 2.75) is 104 Å². The molecule has 0 aromatic heterocycles. The van der Waals surface area contributed by atoms with Gasteiger partial charge in [0.1, 0.15) is 6.10 Å². The fourth-order valence-corrected chi connectivity index (χ4v) is 7.94. The number of aliphatic hydroxyl groups is 2. The number of fused-ring (bicyclic) bond motifs is 1. The Morgan fingerprint density at radius 1 is 1.20 bits per heavy atom. The van der Waals surface area contributed by atoms with Crippen LogP contribution < -0.4 is 0 Å². The fraction of sp³-hybridized carbons (Fsp3) is 0.710. The first kappa shape index (κ1) is 26.4. The third-order valence-electron chi connectivity index (χ3n) is 10.1. The van der Waals surface area contributed by atoms with Crippen molar-refractivity contribution in [1.82, 2.24) is 0 Å². The van der Waals surface area contributed by atoms with Gasteiger partial charge in [0, 0.05) is 17.4 Å². The van der Waals surface area contributed by atoms with Gasteiger partial charge in [-0.2, -0.15) is 0 Å². The first-order valence-corrected chi connectivity index (χ1v) is 13.9. The lowest BCUT2D eigenvalue weighted by Crippen LogP contribution is -2.37. The van der Waals surface area contributed by atoms with Crippen molar-refractivity contribution in [3.63, 3.8) is 0 Å². The van der Waals surface area contributed by atoms with Crippen LogP contribution in [0.1, 0.15) is 85.5 Å². The van der Waals surface area contributed by atoms with Crippen LogP contribution in [0.15, 0.2) is 47.6 Å². The molecule has 3 aliphatic carbocycles. The highest BCUT2D eigenvalue weighted by molar-refractivity contribution is 5.90. The molecule has 194 valence electrons. The molecule has 0 spiro atoms. The van der Waals surface area contributed by atoms with Crippen LogP contribution in [0.25, 0.3) is 0 Å². The molecule has 1 aliphatic heterocycles. The smallest absolute Gasteiger partial charge is 0.334 e. The van der Waals surface area contributed by atoms with E-state index in [1.54, 1.807) is 0 Å². The lowest BCUT2D eigenvalue weighted by molar-refractivity contribution is -0.140. The summed E-state index contributed by atoms with van der Waals surface area (Å²) < 4.78 is 5.79. The molecular formula is C31H46O4. The largest absolute Gasteiger partial charge is 0.458 e.